The fourth-order valence-corrected chi connectivity index (χ4v) is 2.32. The van der Waals surface area contributed by atoms with Crippen LogP contribution in [0.2, 0.25) is 0 Å². The van der Waals surface area contributed by atoms with Gasteiger partial charge in [-0.05, 0) is 18.1 Å². The summed E-state index contributed by atoms with van der Waals surface area (Å²) in [6, 6.07) is 8.25. The van der Waals surface area contributed by atoms with E-state index in [9.17, 15) is 5.11 Å². The zero-order chi connectivity index (χ0) is 10.8. The molecule has 15 heavy (non-hydrogen) atoms. The molecule has 0 fully saturated rings. The Kier molecular flexibility index (Phi) is 2.93. The van der Waals surface area contributed by atoms with E-state index < -0.39 is 6.10 Å². The molecular weight excluding hydrogens is 188 g/mol. The average molecular weight is 206 g/mol. The molecule has 0 saturated heterocycles. The van der Waals surface area contributed by atoms with Gasteiger partial charge in [0, 0.05) is 31.7 Å². The molecule has 2 unspecified atom stereocenters. The molecule has 1 aliphatic heterocycles. The highest BCUT2D eigenvalue weighted by molar-refractivity contribution is 5.56. The van der Waals surface area contributed by atoms with E-state index in [2.05, 4.69) is 24.1 Å². The number of hydrogen-bond acceptors (Lipinski definition) is 3. The van der Waals surface area contributed by atoms with E-state index in [4.69, 9.17) is 5.73 Å². The Morgan fingerprint density at radius 1 is 1.53 bits per heavy atom. The van der Waals surface area contributed by atoms with E-state index in [0.717, 1.165) is 13.0 Å². The summed E-state index contributed by atoms with van der Waals surface area (Å²) in [6.45, 7) is 1.32. The molecule has 2 atom stereocenters. The van der Waals surface area contributed by atoms with Gasteiger partial charge >= 0.3 is 0 Å². The van der Waals surface area contributed by atoms with E-state index in [-0.39, 0.29) is 5.92 Å². The second-order valence-corrected chi connectivity index (χ2v) is 4.18. The molecular formula is C12H18N2O. The molecule has 0 radical (unpaired) electrons. The summed E-state index contributed by atoms with van der Waals surface area (Å²) in [5.74, 6) is 0.197. The largest absolute Gasteiger partial charge is 0.391 e. The van der Waals surface area contributed by atoms with Crippen molar-refractivity contribution in [2.45, 2.75) is 18.4 Å². The van der Waals surface area contributed by atoms with Crippen LogP contribution in [0.5, 0.6) is 0 Å². The van der Waals surface area contributed by atoms with Gasteiger partial charge in [0.2, 0.25) is 0 Å². The first-order valence-electron chi connectivity index (χ1n) is 5.42. The number of fused-ring (bicyclic) bond motifs is 1. The highest BCUT2D eigenvalue weighted by Gasteiger charge is 2.27. The SMILES string of the molecule is CN1CCC(C(O)CN)c2ccccc21. The molecule has 3 heteroatoms. The minimum atomic E-state index is -0.417. The fourth-order valence-electron chi connectivity index (χ4n) is 2.32. The highest BCUT2D eigenvalue weighted by Crippen LogP contribution is 2.35. The summed E-state index contributed by atoms with van der Waals surface area (Å²) in [7, 11) is 2.09. The van der Waals surface area contributed by atoms with E-state index in [1.54, 1.807) is 0 Å². The third kappa shape index (κ3) is 1.85. The van der Waals surface area contributed by atoms with Crippen LogP contribution in [0.15, 0.2) is 24.3 Å². The molecule has 1 aromatic rings. The van der Waals surface area contributed by atoms with Crippen molar-refractivity contribution >= 4 is 5.69 Å². The van der Waals surface area contributed by atoms with Crippen molar-refractivity contribution in [3.05, 3.63) is 29.8 Å². The summed E-state index contributed by atoms with van der Waals surface area (Å²) >= 11 is 0. The Morgan fingerprint density at radius 2 is 2.27 bits per heavy atom. The smallest absolute Gasteiger partial charge is 0.0732 e. The van der Waals surface area contributed by atoms with Gasteiger partial charge in [-0.1, -0.05) is 18.2 Å². The normalized spacial score (nSPS) is 22.3. The summed E-state index contributed by atoms with van der Waals surface area (Å²) < 4.78 is 0. The van der Waals surface area contributed by atoms with Crippen molar-refractivity contribution < 1.29 is 5.11 Å². The second kappa shape index (κ2) is 4.21. The lowest BCUT2D eigenvalue weighted by Crippen LogP contribution is -2.35. The number of nitrogens with two attached hydrogens (primary N) is 1. The maximum atomic E-state index is 9.87. The third-order valence-corrected chi connectivity index (χ3v) is 3.23. The fraction of sp³-hybridized carbons (Fsp3) is 0.500. The molecule has 3 nitrogen and oxygen atoms in total. The maximum Gasteiger partial charge on any atom is 0.0732 e. The number of rotatable bonds is 2. The first kappa shape index (κ1) is 10.5. The van der Waals surface area contributed by atoms with Crippen LogP contribution in [0.25, 0.3) is 0 Å². The Hall–Kier alpha value is -1.06. The van der Waals surface area contributed by atoms with Gasteiger partial charge < -0.3 is 15.7 Å². The van der Waals surface area contributed by atoms with Crippen molar-refractivity contribution in [2.24, 2.45) is 5.73 Å². The van der Waals surface area contributed by atoms with Crippen molar-refractivity contribution in [3.8, 4) is 0 Å². The molecule has 1 aromatic carbocycles. The van der Waals surface area contributed by atoms with Gasteiger partial charge in [0.15, 0.2) is 0 Å². The predicted octanol–water partition coefficient (Wildman–Crippen LogP) is 0.930. The van der Waals surface area contributed by atoms with Crippen molar-refractivity contribution in [2.75, 3.05) is 25.0 Å². The molecule has 1 heterocycles. The van der Waals surface area contributed by atoms with Crippen molar-refractivity contribution in [1.29, 1.82) is 0 Å². The molecule has 1 aliphatic rings. The predicted molar refractivity (Wildman–Crippen MR) is 62.1 cm³/mol. The van der Waals surface area contributed by atoms with Gasteiger partial charge in [0.1, 0.15) is 0 Å². The molecule has 82 valence electrons. The number of benzene rings is 1. The Balaban J connectivity index is 2.36. The summed E-state index contributed by atoms with van der Waals surface area (Å²) in [5, 5.41) is 9.87. The number of nitrogens with zero attached hydrogens (tertiary/aromatic N) is 1. The molecule has 0 aromatic heterocycles. The van der Waals surface area contributed by atoms with E-state index in [1.807, 2.05) is 12.1 Å². The molecule has 3 N–H and O–H groups in total. The molecule has 0 aliphatic carbocycles. The van der Waals surface area contributed by atoms with Gasteiger partial charge in [-0.25, -0.2) is 0 Å². The van der Waals surface area contributed by atoms with Crippen LogP contribution < -0.4 is 10.6 Å². The van der Waals surface area contributed by atoms with Gasteiger partial charge in [-0.3, -0.25) is 0 Å². The number of aliphatic hydroxyl groups is 1. The zero-order valence-corrected chi connectivity index (χ0v) is 9.06. The highest BCUT2D eigenvalue weighted by atomic mass is 16.3. The minimum Gasteiger partial charge on any atom is -0.391 e. The molecule has 2 rings (SSSR count). The van der Waals surface area contributed by atoms with Crippen LogP contribution in [0.1, 0.15) is 17.9 Å². The van der Waals surface area contributed by atoms with E-state index >= 15 is 0 Å². The molecule has 0 bridgehead atoms. The number of para-hydroxylation sites is 1. The molecule has 0 amide bonds. The minimum absolute atomic E-state index is 0.197. The average Bonchev–Trinajstić information content (AvgIpc) is 2.29. The monoisotopic (exact) mass is 206 g/mol. The van der Waals surface area contributed by atoms with Crippen molar-refractivity contribution in [1.82, 2.24) is 0 Å². The van der Waals surface area contributed by atoms with Gasteiger partial charge in [0.05, 0.1) is 6.10 Å². The van der Waals surface area contributed by atoms with Crippen LogP contribution in [0.4, 0.5) is 5.69 Å². The number of hydrogen-bond donors (Lipinski definition) is 2. The van der Waals surface area contributed by atoms with Crippen LogP contribution in [-0.4, -0.2) is 31.3 Å². The zero-order valence-electron chi connectivity index (χ0n) is 9.06. The first-order valence-corrected chi connectivity index (χ1v) is 5.42. The quantitative estimate of drug-likeness (QED) is 0.757. The molecule has 0 spiro atoms. The van der Waals surface area contributed by atoms with Gasteiger partial charge in [0.25, 0.3) is 0 Å². The van der Waals surface area contributed by atoms with Crippen LogP contribution >= 0.6 is 0 Å². The Labute approximate surface area is 90.5 Å². The Bertz CT molecular complexity index is 340. The lowest BCUT2D eigenvalue weighted by atomic mass is 9.86. The number of anilines is 1. The van der Waals surface area contributed by atoms with Crippen LogP contribution in [0, 0.1) is 0 Å². The molecule has 0 saturated carbocycles. The summed E-state index contributed by atoms with van der Waals surface area (Å²) in [6.07, 6.45) is 0.561. The summed E-state index contributed by atoms with van der Waals surface area (Å²) in [5.41, 5.74) is 7.98. The lowest BCUT2D eigenvalue weighted by molar-refractivity contribution is 0.145. The summed E-state index contributed by atoms with van der Waals surface area (Å²) in [4.78, 5) is 2.23. The van der Waals surface area contributed by atoms with Crippen LogP contribution in [0.3, 0.4) is 0 Å². The topological polar surface area (TPSA) is 49.5 Å². The first-order chi connectivity index (χ1) is 7.24. The number of aliphatic hydroxyl groups excluding tert-OH is 1. The third-order valence-electron chi connectivity index (χ3n) is 3.23. The standard InChI is InChI=1S/C12H18N2O/c1-14-7-6-10(12(15)8-13)9-4-2-3-5-11(9)14/h2-5,10,12,15H,6-8,13H2,1H3. The van der Waals surface area contributed by atoms with Crippen molar-refractivity contribution in [3.63, 3.8) is 0 Å². The van der Waals surface area contributed by atoms with E-state index in [0.29, 0.717) is 6.54 Å². The van der Waals surface area contributed by atoms with Gasteiger partial charge in [-0.2, -0.15) is 0 Å². The van der Waals surface area contributed by atoms with E-state index in [1.165, 1.54) is 11.3 Å². The second-order valence-electron chi connectivity index (χ2n) is 4.18. The maximum absolute atomic E-state index is 9.87. The van der Waals surface area contributed by atoms with Crippen LogP contribution in [-0.2, 0) is 0 Å². The Morgan fingerprint density at radius 3 is 3.00 bits per heavy atom. The lowest BCUT2D eigenvalue weighted by Gasteiger charge is -2.35. The van der Waals surface area contributed by atoms with Gasteiger partial charge in [-0.15, -0.1) is 0 Å².